The number of allylic oxidation sites excluding steroid dienone is 7. The number of rotatable bonds is 7. The Hall–Kier alpha value is -6.95. The zero-order chi connectivity index (χ0) is 42.7. The van der Waals surface area contributed by atoms with Gasteiger partial charge in [-0.2, -0.15) is 0 Å². The molecule has 0 fully saturated rings. The first-order valence-corrected chi connectivity index (χ1v) is 23.6. The molecule has 0 N–H and O–H groups in total. The Morgan fingerprint density at radius 3 is 1.64 bits per heavy atom. The van der Waals surface area contributed by atoms with Crippen LogP contribution in [0.25, 0.3) is 0 Å². The lowest BCUT2D eigenvalue weighted by molar-refractivity contribution is 0.208. The summed E-state index contributed by atoms with van der Waals surface area (Å²) in [5.41, 5.74) is 11.6. The van der Waals surface area contributed by atoms with E-state index in [4.69, 9.17) is 18.7 Å². The average molecular weight is 860 g/mol. The molecule has 8 heteroatoms. The molecule has 0 saturated carbocycles. The minimum atomic E-state index is -1.39. The van der Waals surface area contributed by atoms with Crippen molar-refractivity contribution in [1.29, 1.82) is 0 Å². The SMILES string of the molecule is C1=CC2=C(C=C(C(c3ccc4c(c3)CN(c3ccccc3)CO4)(c3ccc4c(c3)CN(c3ccccc3)CO4)P3C/C=C\C=C/Cc4ccccc4O3)C1)CN(c1ccccc1)CO2. The summed E-state index contributed by atoms with van der Waals surface area (Å²) in [5.74, 6) is 3.67. The summed E-state index contributed by atoms with van der Waals surface area (Å²) in [6.45, 7) is 3.60. The molecule has 6 aromatic carbocycles. The largest absolute Gasteiger partial charge is 0.473 e. The van der Waals surface area contributed by atoms with Crippen LogP contribution >= 0.6 is 8.15 Å². The molecule has 7 nitrogen and oxygen atoms in total. The molecular weight excluding hydrogens is 810 g/mol. The lowest BCUT2D eigenvalue weighted by Crippen LogP contribution is -2.36. The maximum Gasteiger partial charge on any atom is 0.161 e. The van der Waals surface area contributed by atoms with Gasteiger partial charge in [-0.3, -0.25) is 0 Å². The van der Waals surface area contributed by atoms with Crippen LogP contribution in [0.5, 0.6) is 17.2 Å². The molecule has 6 aromatic rings. The van der Waals surface area contributed by atoms with E-state index in [0.29, 0.717) is 52.4 Å². The second-order valence-electron chi connectivity index (χ2n) is 16.8. The standard InChI is InChI=1S/C56H50N3O4P/c1-2-15-32-64(63-55-26-14-13-18-42(55)17-6-1)56(47-28-30-53-44(34-47)37-58(40-61-53)50-22-9-4-10-23-50,48-29-31-54-45(35-48)38-59(41-62-54)51-24-11-5-12-25-51)46-19-16-27-52-43(33-46)36-57(39-60-52)49-20-7-3-8-21-49/h1-16,18,20-31,33-35H,17,19,32,36-41H2/b6-1-,15-2-. The van der Waals surface area contributed by atoms with Crippen molar-refractivity contribution >= 4 is 25.2 Å². The van der Waals surface area contributed by atoms with Crippen LogP contribution in [0.3, 0.4) is 0 Å². The quantitative estimate of drug-likeness (QED) is 0.148. The monoisotopic (exact) mass is 859 g/mol. The van der Waals surface area contributed by atoms with Crippen LogP contribution < -0.4 is 28.7 Å². The van der Waals surface area contributed by atoms with E-state index in [-0.39, 0.29) is 0 Å². The van der Waals surface area contributed by atoms with E-state index in [9.17, 15) is 0 Å². The molecule has 64 heavy (non-hydrogen) atoms. The maximum absolute atomic E-state index is 7.71. The molecule has 1 atom stereocenters. The summed E-state index contributed by atoms with van der Waals surface area (Å²) >= 11 is 0. The number of benzene rings is 6. The van der Waals surface area contributed by atoms with Crippen LogP contribution in [0.15, 0.2) is 211 Å². The van der Waals surface area contributed by atoms with Crippen LogP contribution in [0.2, 0.25) is 0 Å². The van der Waals surface area contributed by atoms with Gasteiger partial charge in [0.15, 0.2) is 20.2 Å². The minimum absolute atomic E-state index is 0.484. The smallest absolute Gasteiger partial charge is 0.161 e. The third kappa shape index (κ3) is 7.75. The number of nitrogens with zero attached hydrogens (tertiary/aromatic N) is 3. The Morgan fingerprint density at radius 2 is 1.02 bits per heavy atom. The van der Waals surface area contributed by atoms with Gasteiger partial charge < -0.3 is 33.4 Å². The van der Waals surface area contributed by atoms with E-state index in [2.05, 4.69) is 209 Å². The normalized spacial score (nSPS) is 19.2. The molecule has 4 heterocycles. The minimum Gasteiger partial charge on any atom is -0.473 e. The summed E-state index contributed by atoms with van der Waals surface area (Å²) in [6, 6.07) is 54.1. The molecule has 5 aliphatic rings. The fourth-order valence-corrected chi connectivity index (χ4v) is 12.2. The summed E-state index contributed by atoms with van der Waals surface area (Å²) in [4.78, 5) is 6.93. The van der Waals surface area contributed by atoms with Gasteiger partial charge in [0.25, 0.3) is 0 Å². The maximum atomic E-state index is 7.71. The number of anilines is 3. The van der Waals surface area contributed by atoms with Crippen LogP contribution in [0.4, 0.5) is 17.1 Å². The van der Waals surface area contributed by atoms with Crippen molar-refractivity contribution in [3.8, 4) is 17.2 Å². The molecule has 1 unspecified atom stereocenters. The number of hydrogen-bond donors (Lipinski definition) is 0. The summed E-state index contributed by atoms with van der Waals surface area (Å²) < 4.78 is 27.4. The second kappa shape index (κ2) is 17.7. The number of fused-ring (bicyclic) bond motifs is 3. The number of hydrogen-bond acceptors (Lipinski definition) is 7. The fourth-order valence-electron chi connectivity index (χ4n) is 9.62. The van der Waals surface area contributed by atoms with Gasteiger partial charge in [-0.1, -0.05) is 121 Å². The molecule has 0 radical (unpaired) electrons. The molecule has 0 bridgehead atoms. The Kier molecular flexibility index (Phi) is 11.0. The van der Waals surface area contributed by atoms with Crippen LogP contribution in [0, 0.1) is 0 Å². The summed E-state index contributed by atoms with van der Waals surface area (Å²) in [6.07, 6.45) is 18.0. The highest BCUT2D eigenvalue weighted by Crippen LogP contribution is 2.66. The van der Waals surface area contributed by atoms with Crippen molar-refractivity contribution < 1.29 is 18.7 Å². The second-order valence-corrected chi connectivity index (χ2v) is 18.7. The number of para-hydroxylation sites is 4. The van der Waals surface area contributed by atoms with Crippen molar-refractivity contribution in [3.05, 3.63) is 239 Å². The van der Waals surface area contributed by atoms with Gasteiger partial charge in [-0.25, -0.2) is 0 Å². The third-order valence-corrected chi connectivity index (χ3v) is 15.3. The van der Waals surface area contributed by atoms with E-state index in [1.807, 2.05) is 0 Å². The van der Waals surface area contributed by atoms with Gasteiger partial charge in [0.1, 0.15) is 31.2 Å². The Bertz CT molecular complexity index is 2700. The predicted octanol–water partition coefficient (Wildman–Crippen LogP) is 12.4. The van der Waals surface area contributed by atoms with Crippen molar-refractivity contribution in [1.82, 2.24) is 0 Å². The van der Waals surface area contributed by atoms with Crippen LogP contribution in [0.1, 0.15) is 34.2 Å². The topological polar surface area (TPSA) is 46.6 Å². The van der Waals surface area contributed by atoms with Crippen molar-refractivity contribution in [2.24, 2.45) is 0 Å². The van der Waals surface area contributed by atoms with Crippen LogP contribution in [-0.2, 0) is 29.4 Å². The zero-order valence-corrected chi connectivity index (χ0v) is 36.7. The fraction of sp³-hybridized carbons (Fsp3) is 0.179. The number of ether oxygens (including phenoxy) is 3. The van der Waals surface area contributed by atoms with Gasteiger partial charge >= 0.3 is 0 Å². The summed E-state index contributed by atoms with van der Waals surface area (Å²) in [7, 11) is -1.39. The van der Waals surface area contributed by atoms with Crippen LogP contribution in [-0.4, -0.2) is 32.9 Å². The first kappa shape index (κ1) is 39.9. The van der Waals surface area contributed by atoms with Crippen molar-refractivity contribution in [2.75, 3.05) is 47.6 Å². The third-order valence-electron chi connectivity index (χ3n) is 12.8. The molecule has 4 aliphatic heterocycles. The van der Waals surface area contributed by atoms with E-state index in [0.717, 1.165) is 63.2 Å². The van der Waals surface area contributed by atoms with Crippen molar-refractivity contribution in [3.63, 3.8) is 0 Å². The predicted molar refractivity (Wildman–Crippen MR) is 259 cm³/mol. The Labute approximate surface area is 377 Å². The molecule has 0 spiro atoms. The van der Waals surface area contributed by atoms with Gasteiger partial charge in [0, 0.05) is 59.6 Å². The van der Waals surface area contributed by atoms with Gasteiger partial charge in [-0.15, -0.1) is 0 Å². The first-order valence-electron chi connectivity index (χ1n) is 22.2. The van der Waals surface area contributed by atoms with E-state index < -0.39 is 13.3 Å². The first-order chi connectivity index (χ1) is 31.7. The molecular formula is C56H50N3O4P. The molecule has 0 amide bonds. The lowest BCUT2D eigenvalue weighted by atomic mass is 9.80. The average Bonchev–Trinajstić information content (AvgIpc) is 3.58. The molecule has 11 rings (SSSR count). The van der Waals surface area contributed by atoms with Gasteiger partial charge in [-0.05, 0) is 108 Å². The molecule has 1 aliphatic carbocycles. The highest BCUT2D eigenvalue weighted by molar-refractivity contribution is 7.55. The molecule has 318 valence electrons. The van der Waals surface area contributed by atoms with Gasteiger partial charge in [0.2, 0.25) is 0 Å². The van der Waals surface area contributed by atoms with Gasteiger partial charge in [0.05, 0.1) is 5.16 Å². The Morgan fingerprint density at radius 1 is 0.469 bits per heavy atom. The highest BCUT2D eigenvalue weighted by Gasteiger charge is 2.49. The lowest BCUT2D eigenvalue weighted by Gasteiger charge is -2.44. The van der Waals surface area contributed by atoms with E-state index in [1.54, 1.807) is 0 Å². The summed E-state index contributed by atoms with van der Waals surface area (Å²) in [5, 5.41) is -0.758. The molecule has 0 saturated heterocycles. The Balaban J connectivity index is 1.14. The van der Waals surface area contributed by atoms with E-state index in [1.165, 1.54) is 22.3 Å². The highest BCUT2D eigenvalue weighted by atomic mass is 31.1. The van der Waals surface area contributed by atoms with E-state index >= 15 is 0 Å². The molecule has 0 aromatic heterocycles. The van der Waals surface area contributed by atoms with Crippen molar-refractivity contribution in [2.45, 2.75) is 31.1 Å². The zero-order valence-electron chi connectivity index (χ0n) is 35.8.